The van der Waals surface area contributed by atoms with Crippen molar-refractivity contribution in [3.05, 3.63) is 58.5 Å². The van der Waals surface area contributed by atoms with Crippen molar-refractivity contribution in [1.29, 1.82) is 0 Å². The Hall–Kier alpha value is -3.70. The SMILES string of the molecule is COc1ccc(C=C2SC(=O)NC2=O)cc1C#CCN1C(=O)COc2ccccc21. The van der Waals surface area contributed by atoms with Gasteiger partial charge in [0.1, 0.15) is 11.5 Å². The van der Waals surface area contributed by atoms with E-state index in [1.165, 1.54) is 0 Å². The van der Waals surface area contributed by atoms with Gasteiger partial charge in [-0.2, -0.15) is 0 Å². The molecule has 1 fully saturated rings. The molecule has 0 saturated carbocycles. The molecule has 8 heteroatoms. The predicted octanol–water partition coefficient (Wildman–Crippen LogP) is 2.80. The lowest BCUT2D eigenvalue weighted by molar-refractivity contribution is -0.121. The lowest BCUT2D eigenvalue weighted by Crippen LogP contribution is -2.38. The number of benzene rings is 2. The van der Waals surface area contributed by atoms with Gasteiger partial charge in [-0.25, -0.2) is 0 Å². The van der Waals surface area contributed by atoms with Gasteiger partial charge in [-0.1, -0.05) is 30.0 Å². The van der Waals surface area contributed by atoms with Crippen molar-refractivity contribution in [2.24, 2.45) is 0 Å². The van der Waals surface area contributed by atoms with Gasteiger partial charge in [0.05, 0.1) is 29.8 Å². The smallest absolute Gasteiger partial charge is 0.290 e. The predicted molar refractivity (Wildman–Crippen MR) is 113 cm³/mol. The Balaban J connectivity index is 1.59. The van der Waals surface area contributed by atoms with Gasteiger partial charge >= 0.3 is 0 Å². The molecule has 1 N–H and O–H groups in total. The third-order valence-electron chi connectivity index (χ3n) is 4.43. The molecule has 2 aromatic carbocycles. The average Bonchev–Trinajstić information content (AvgIpc) is 3.06. The highest BCUT2D eigenvalue weighted by Gasteiger charge is 2.25. The minimum atomic E-state index is -0.419. The Bertz CT molecular complexity index is 1150. The van der Waals surface area contributed by atoms with Crippen LogP contribution in [-0.2, 0) is 9.59 Å². The number of amides is 3. The average molecular weight is 420 g/mol. The summed E-state index contributed by atoms with van der Waals surface area (Å²) < 4.78 is 10.8. The monoisotopic (exact) mass is 420 g/mol. The number of methoxy groups -OCH3 is 1. The molecule has 0 atom stereocenters. The van der Waals surface area contributed by atoms with Crippen LogP contribution in [0.4, 0.5) is 10.5 Å². The number of ether oxygens (including phenoxy) is 2. The largest absolute Gasteiger partial charge is 0.495 e. The van der Waals surface area contributed by atoms with E-state index in [0.29, 0.717) is 33.2 Å². The Kier molecular flexibility index (Phi) is 5.46. The first kappa shape index (κ1) is 19.6. The van der Waals surface area contributed by atoms with Crippen LogP contribution in [0.25, 0.3) is 6.08 Å². The summed E-state index contributed by atoms with van der Waals surface area (Å²) in [4.78, 5) is 37.2. The summed E-state index contributed by atoms with van der Waals surface area (Å²) in [6.45, 7) is 0.171. The van der Waals surface area contributed by atoms with Crippen LogP contribution in [0.15, 0.2) is 47.4 Å². The van der Waals surface area contributed by atoms with Crippen LogP contribution < -0.4 is 19.7 Å². The van der Waals surface area contributed by atoms with Crippen LogP contribution in [0.2, 0.25) is 0 Å². The van der Waals surface area contributed by atoms with E-state index in [4.69, 9.17) is 9.47 Å². The molecule has 0 unspecified atom stereocenters. The molecular weight excluding hydrogens is 404 g/mol. The molecule has 7 nitrogen and oxygen atoms in total. The lowest BCUT2D eigenvalue weighted by atomic mass is 10.1. The fourth-order valence-electron chi connectivity index (χ4n) is 3.03. The van der Waals surface area contributed by atoms with Crippen molar-refractivity contribution in [2.75, 3.05) is 25.2 Å². The number of thioether (sulfide) groups is 1. The maximum absolute atomic E-state index is 12.3. The van der Waals surface area contributed by atoms with Crippen molar-refractivity contribution < 1.29 is 23.9 Å². The number of imide groups is 1. The number of carbonyl (C=O) groups is 3. The molecule has 2 aromatic rings. The third kappa shape index (κ3) is 4.02. The molecule has 0 spiro atoms. The Morgan fingerprint density at radius 2 is 2.07 bits per heavy atom. The summed E-state index contributed by atoms with van der Waals surface area (Å²) >= 11 is 0.853. The van der Waals surface area contributed by atoms with Gasteiger partial charge in [0.2, 0.25) is 0 Å². The number of nitrogens with zero attached hydrogens (tertiary/aromatic N) is 1. The van der Waals surface area contributed by atoms with Gasteiger partial charge in [-0.3, -0.25) is 24.6 Å². The standard InChI is InChI=1S/C22H16N2O5S/c1-28-17-9-8-14(12-19-21(26)23-22(27)30-19)11-15(17)5-4-10-24-16-6-2-3-7-18(16)29-13-20(24)25/h2-3,6-9,11-12H,10,13H2,1H3,(H,23,26,27). The van der Waals surface area contributed by atoms with Crippen LogP contribution in [-0.4, -0.2) is 37.3 Å². The summed E-state index contributed by atoms with van der Waals surface area (Å²) in [5, 5.41) is 1.83. The summed E-state index contributed by atoms with van der Waals surface area (Å²) in [5.41, 5.74) is 2.00. The van der Waals surface area contributed by atoms with Gasteiger partial charge in [0.25, 0.3) is 17.1 Å². The molecule has 150 valence electrons. The highest BCUT2D eigenvalue weighted by atomic mass is 32.2. The fourth-order valence-corrected chi connectivity index (χ4v) is 3.71. The summed E-state index contributed by atoms with van der Waals surface area (Å²) in [7, 11) is 1.54. The van der Waals surface area contributed by atoms with E-state index in [1.54, 1.807) is 36.3 Å². The minimum absolute atomic E-state index is 0.0243. The molecule has 0 aliphatic carbocycles. The van der Waals surface area contributed by atoms with Gasteiger partial charge < -0.3 is 9.47 Å². The zero-order valence-corrected chi connectivity index (χ0v) is 16.7. The Labute approximate surface area is 177 Å². The molecule has 30 heavy (non-hydrogen) atoms. The zero-order valence-electron chi connectivity index (χ0n) is 15.9. The van der Waals surface area contributed by atoms with Gasteiger partial charge in [-0.15, -0.1) is 0 Å². The van der Waals surface area contributed by atoms with Gasteiger partial charge in [0.15, 0.2) is 6.61 Å². The molecule has 3 amide bonds. The number of para-hydroxylation sites is 2. The number of rotatable bonds is 3. The summed E-state index contributed by atoms with van der Waals surface area (Å²) in [6, 6.07) is 12.6. The van der Waals surface area contributed by atoms with Crippen LogP contribution in [0.3, 0.4) is 0 Å². The molecule has 0 bridgehead atoms. The minimum Gasteiger partial charge on any atom is -0.495 e. The second kappa shape index (κ2) is 8.35. The van der Waals surface area contributed by atoms with Crippen LogP contribution in [0.5, 0.6) is 11.5 Å². The van der Waals surface area contributed by atoms with Crippen molar-refractivity contribution in [1.82, 2.24) is 5.32 Å². The molecule has 4 rings (SSSR count). The highest BCUT2D eigenvalue weighted by molar-refractivity contribution is 8.18. The van der Waals surface area contributed by atoms with Crippen molar-refractivity contribution in [3.8, 4) is 23.3 Å². The van der Waals surface area contributed by atoms with Crippen molar-refractivity contribution >= 4 is 40.6 Å². The second-order valence-corrected chi connectivity index (χ2v) is 7.36. The summed E-state index contributed by atoms with van der Waals surface area (Å²) in [6.07, 6.45) is 1.62. The normalized spacial score (nSPS) is 16.5. The van der Waals surface area contributed by atoms with E-state index in [2.05, 4.69) is 17.2 Å². The number of anilines is 1. The highest BCUT2D eigenvalue weighted by Crippen LogP contribution is 2.31. The Morgan fingerprint density at radius 1 is 1.23 bits per heavy atom. The van der Waals surface area contributed by atoms with E-state index in [1.807, 2.05) is 24.3 Å². The van der Waals surface area contributed by atoms with Crippen molar-refractivity contribution in [3.63, 3.8) is 0 Å². The second-order valence-electron chi connectivity index (χ2n) is 6.35. The Morgan fingerprint density at radius 3 is 2.83 bits per heavy atom. The number of carbonyl (C=O) groups excluding carboxylic acids is 3. The fraction of sp³-hybridized carbons (Fsp3) is 0.136. The molecular formula is C22H16N2O5S. The lowest BCUT2D eigenvalue weighted by Gasteiger charge is -2.27. The van der Waals surface area contributed by atoms with Crippen molar-refractivity contribution in [2.45, 2.75) is 0 Å². The molecule has 0 radical (unpaired) electrons. The quantitative estimate of drug-likeness (QED) is 0.607. The molecule has 1 saturated heterocycles. The first-order valence-corrected chi connectivity index (χ1v) is 9.81. The molecule has 2 aliphatic heterocycles. The maximum Gasteiger partial charge on any atom is 0.290 e. The third-order valence-corrected chi connectivity index (χ3v) is 5.24. The van der Waals surface area contributed by atoms with E-state index in [-0.39, 0.29) is 19.1 Å². The molecule has 0 aromatic heterocycles. The van der Waals surface area contributed by atoms with Crippen LogP contribution in [0.1, 0.15) is 11.1 Å². The number of nitrogens with one attached hydrogen (secondary N) is 1. The van der Waals surface area contributed by atoms with E-state index >= 15 is 0 Å². The van der Waals surface area contributed by atoms with Gasteiger partial charge in [-0.05, 0) is 47.7 Å². The molecule has 2 aliphatic rings. The van der Waals surface area contributed by atoms with E-state index < -0.39 is 11.1 Å². The number of fused-ring (bicyclic) bond motifs is 1. The van der Waals surface area contributed by atoms with Gasteiger partial charge in [0, 0.05) is 0 Å². The number of hydrogen-bond donors (Lipinski definition) is 1. The first-order valence-electron chi connectivity index (χ1n) is 8.99. The van der Waals surface area contributed by atoms with E-state index in [0.717, 1.165) is 11.8 Å². The van der Waals surface area contributed by atoms with E-state index in [9.17, 15) is 14.4 Å². The zero-order chi connectivity index (χ0) is 21.1. The maximum atomic E-state index is 12.3. The van der Waals surface area contributed by atoms with Crippen LogP contribution >= 0.6 is 11.8 Å². The summed E-state index contributed by atoms with van der Waals surface area (Å²) in [5.74, 6) is 6.68. The first-order chi connectivity index (χ1) is 14.5. The topological polar surface area (TPSA) is 84.9 Å². The molecule has 2 heterocycles. The van der Waals surface area contributed by atoms with Crippen LogP contribution in [0, 0.1) is 11.8 Å². The number of hydrogen-bond acceptors (Lipinski definition) is 6.